The number of aliphatic hydroxyl groups is 2. The van der Waals surface area contributed by atoms with Crippen molar-refractivity contribution in [2.24, 2.45) is 5.92 Å². The highest BCUT2D eigenvalue weighted by Crippen LogP contribution is 2.28. The van der Waals surface area contributed by atoms with Crippen LogP contribution in [0.1, 0.15) is 22.6 Å². The Hall–Kier alpha value is -1.61. The molecule has 0 radical (unpaired) electrons. The third-order valence-corrected chi connectivity index (χ3v) is 3.35. The number of alkyl halides is 3. The van der Waals surface area contributed by atoms with E-state index >= 15 is 0 Å². The average Bonchev–Trinajstić information content (AvgIpc) is 2.87. The maximum atomic E-state index is 12.4. The molecule has 1 amide bonds. The van der Waals surface area contributed by atoms with Crippen molar-refractivity contribution in [1.82, 2.24) is 15.1 Å². The van der Waals surface area contributed by atoms with Gasteiger partial charge in [-0.2, -0.15) is 18.3 Å². The lowest BCUT2D eigenvalue weighted by molar-refractivity contribution is -0.141. The molecule has 0 aromatic carbocycles. The Morgan fingerprint density at radius 3 is 2.75 bits per heavy atom. The number of carbonyl (C=O) groups excluding carboxylic acids is 1. The first kappa shape index (κ1) is 14.8. The summed E-state index contributed by atoms with van der Waals surface area (Å²) in [6.07, 6.45) is -5.09. The second-order valence-corrected chi connectivity index (χ2v) is 4.71. The van der Waals surface area contributed by atoms with E-state index in [1.807, 2.05) is 0 Å². The quantitative estimate of drug-likeness (QED) is 0.729. The van der Waals surface area contributed by atoms with E-state index in [1.165, 1.54) is 4.90 Å². The normalized spacial score (nSPS) is 23.9. The van der Waals surface area contributed by atoms with Crippen LogP contribution in [0.2, 0.25) is 0 Å². The molecular weight excluding hydrogens is 279 g/mol. The maximum absolute atomic E-state index is 12.4. The standard InChI is InChI=1S/C11H14F3N3O3/c12-11(13,14)9-3-7(15-16-9)10(20)17-2-1-6(5-18)8(19)4-17/h3,6,8,18-19H,1-2,4-5H2,(H,15,16)/t6-,8-/m1/s1. The number of rotatable bonds is 2. The van der Waals surface area contributed by atoms with Gasteiger partial charge < -0.3 is 15.1 Å². The number of aromatic nitrogens is 2. The summed E-state index contributed by atoms with van der Waals surface area (Å²) in [6.45, 7) is 0.0391. The molecule has 3 N–H and O–H groups in total. The molecule has 1 fully saturated rings. The van der Waals surface area contributed by atoms with Crippen LogP contribution in [0.25, 0.3) is 0 Å². The fraction of sp³-hybridized carbons (Fsp3) is 0.636. The molecule has 0 unspecified atom stereocenters. The van der Waals surface area contributed by atoms with Gasteiger partial charge in [0.05, 0.1) is 6.10 Å². The van der Waals surface area contributed by atoms with Crippen LogP contribution in [0.4, 0.5) is 13.2 Å². The van der Waals surface area contributed by atoms with Crippen molar-refractivity contribution in [1.29, 1.82) is 0 Å². The molecule has 6 nitrogen and oxygen atoms in total. The molecule has 2 atom stereocenters. The van der Waals surface area contributed by atoms with E-state index in [0.717, 1.165) is 0 Å². The fourth-order valence-corrected chi connectivity index (χ4v) is 2.12. The molecule has 1 aromatic rings. The lowest BCUT2D eigenvalue weighted by atomic mass is 9.94. The predicted molar refractivity (Wildman–Crippen MR) is 60.7 cm³/mol. The number of hydrogen-bond acceptors (Lipinski definition) is 4. The summed E-state index contributed by atoms with van der Waals surface area (Å²) in [7, 11) is 0. The Labute approximate surface area is 112 Å². The van der Waals surface area contributed by atoms with Crippen molar-refractivity contribution in [2.75, 3.05) is 19.7 Å². The Morgan fingerprint density at radius 2 is 2.25 bits per heavy atom. The maximum Gasteiger partial charge on any atom is 0.432 e. The summed E-state index contributed by atoms with van der Waals surface area (Å²) in [6, 6.07) is 0.646. The number of H-pyrrole nitrogens is 1. The number of hydrogen-bond donors (Lipinski definition) is 3. The Morgan fingerprint density at radius 1 is 1.55 bits per heavy atom. The molecule has 9 heteroatoms. The molecular formula is C11H14F3N3O3. The van der Waals surface area contributed by atoms with Crippen molar-refractivity contribution in [2.45, 2.75) is 18.7 Å². The van der Waals surface area contributed by atoms with Crippen molar-refractivity contribution >= 4 is 5.91 Å². The minimum absolute atomic E-state index is 0.0295. The number of aliphatic hydroxyl groups excluding tert-OH is 2. The molecule has 0 saturated carbocycles. The summed E-state index contributed by atoms with van der Waals surface area (Å²) in [5, 5.41) is 23.8. The number of nitrogens with one attached hydrogen (secondary N) is 1. The monoisotopic (exact) mass is 293 g/mol. The topological polar surface area (TPSA) is 89.5 Å². The fourth-order valence-electron chi connectivity index (χ4n) is 2.12. The van der Waals surface area contributed by atoms with Gasteiger partial charge in [0.2, 0.25) is 0 Å². The van der Waals surface area contributed by atoms with Gasteiger partial charge in [-0.25, -0.2) is 0 Å². The first-order valence-corrected chi connectivity index (χ1v) is 6.03. The number of amides is 1. The van der Waals surface area contributed by atoms with Gasteiger partial charge in [0.25, 0.3) is 5.91 Å². The summed E-state index contributed by atoms with van der Waals surface area (Å²) >= 11 is 0. The minimum Gasteiger partial charge on any atom is -0.396 e. The van der Waals surface area contributed by atoms with E-state index in [-0.39, 0.29) is 31.3 Å². The van der Waals surface area contributed by atoms with Gasteiger partial charge >= 0.3 is 6.18 Å². The van der Waals surface area contributed by atoms with Crippen molar-refractivity contribution in [3.8, 4) is 0 Å². The smallest absolute Gasteiger partial charge is 0.396 e. The van der Waals surface area contributed by atoms with E-state index < -0.39 is 23.9 Å². The van der Waals surface area contributed by atoms with Crippen LogP contribution in [0, 0.1) is 5.92 Å². The first-order valence-electron chi connectivity index (χ1n) is 6.03. The average molecular weight is 293 g/mol. The minimum atomic E-state index is -4.59. The molecule has 20 heavy (non-hydrogen) atoms. The van der Waals surface area contributed by atoms with E-state index in [1.54, 1.807) is 5.10 Å². The number of β-amino-alcohol motifs (C(OH)–C–C–N with tert-alkyl or cyclic N) is 1. The second kappa shape index (κ2) is 5.41. The highest BCUT2D eigenvalue weighted by molar-refractivity contribution is 5.92. The van der Waals surface area contributed by atoms with E-state index in [4.69, 9.17) is 5.11 Å². The van der Waals surface area contributed by atoms with Gasteiger partial charge in [-0.1, -0.05) is 0 Å². The molecule has 2 rings (SSSR count). The molecule has 0 aliphatic carbocycles. The molecule has 1 aromatic heterocycles. The molecule has 1 aliphatic rings. The van der Waals surface area contributed by atoms with Gasteiger partial charge in [-0.3, -0.25) is 9.89 Å². The van der Waals surface area contributed by atoms with Crippen molar-refractivity contribution in [3.05, 3.63) is 17.5 Å². The zero-order valence-electron chi connectivity index (χ0n) is 10.4. The van der Waals surface area contributed by atoms with Gasteiger partial charge in [-0.15, -0.1) is 0 Å². The zero-order chi connectivity index (χ0) is 14.9. The number of likely N-dealkylation sites (tertiary alicyclic amines) is 1. The van der Waals surface area contributed by atoms with Gasteiger partial charge in [0.1, 0.15) is 5.69 Å². The Bertz CT molecular complexity index is 489. The van der Waals surface area contributed by atoms with Crippen LogP contribution in [-0.4, -0.2) is 57.0 Å². The number of piperidine rings is 1. The van der Waals surface area contributed by atoms with Crippen LogP contribution in [0.5, 0.6) is 0 Å². The summed E-state index contributed by atoms with van der Waals surface area (Å²) < 4.78 is 37.2. The number of aromatic amines is 1. The third-order valence-electron chi connectivity index (χ3n) is 3.35. The van der Waals surface area contributed by atoms with Crippen molar-refractivity contribution in [3.63, 3.8) is 0 Å². The molecule has 1 saturated heterocycles. The SMILES string of the molecule is O=C(c1cc(C(F)(F)F)[nH]n1)N1CC[C@H](CO)[C@H](O)C1. The summed E-state index contributed by atoms with van der Waals surface area (Å²) in [5.74, 6) is -0.990. The second-order valence-electron chi connectivity index (χ2n) is 4.71. The third kappa shape index (κ3) is 2.93. The van der Waals surface area contributed by atoms with Crippen LogP contribution in [-0.2, 0) is 6.18 Å². The van der Waals surface area contributed by atoms with Crippen LogP contribution < -0.4 is 0 Å². The Kier molecular flexibility index (Phi) is 4.00. The van der Waals surface area contributed by atoms with Crippen LogP contribution in [0.15, 0.2) is 6.07 Å². The van der Waals surface area contributed by atoms with Crippen molar-refractivity contribution < 1.29 is 28.2 Å². The number of halogens is 3. The largest absolute Gasteiger partial charge is 0.432 e. The molecule has 0 bridgehead atoms. The van der Waals surface area contributed by atoms with E-state index in [2.05, 4.69) is 5.10 Å². The molecule has 0 spiro atoms. The molecule has 112 valence electrons. The zero-order valence-corrected chi connectivity index (χ0v) is 10.4. The highest BCUT2D eigenvalue weighted by atomic mass is 19.4. The molecule has 2 heterocycles. The Balaban J connectivity index is 2.07. The predicted octanol–water partition coefficient (Wildman–Crippen LogP) is 0.244. The number of carbonyl (C=O) groups is 1. The highest BCUT2D eigenvalue weighted by Gasteiger charge is 2.35. The van der Waals surface area contributed by atoms with Crippen LogP contribution >= 0.6 is 0 Å². The van der Waals surface area contributed by atoms with Crippen LogP contribution in [0.3, 0.4) is 0 Å². The van der Waals surface area contributed by atoms with Gasteiger partial charge in [-0.05, 0) is 6.42 Å². The summed E-state index contributed by atoms with van der Waals surface area (Å²) in [4.78, 5) is 13.2. The summed E-state index contributed by atoms with van der Waals surface area (Å²) in [5.41, 5.74) is -1.43. The van der Waals surface area contributed by atoms with E-state index in [9.17, 15) is 23.1 Å². The lowest BCUT2D eigenvalue weighted by Gasteiger charge is -2.34. The van der Waals surface area contributed by atoms with Gasteiger partial charge in [0.15, 0.2) is 5.69 Å². The molecule has 1 aliphatic heterocycles. The van der Waals surface area contributed by atoms with Gasteiger partial charge in [0, 0.05) is 31.7 Å². The lowest BCUT2D eigenvalue weighted by Crippen LogP contribution is -2.47. The van der Waals surface area contributed by atoms with E-state index in [0.29, 0.717) is 12.5 Å². The first-order chi connectivity index (χ1) is 9.32. The number of nitrogens with zero attached hydrogens (tertiary/aromatic N) is 2.